The summed E-state index contributed by atoms with van der Waals surface area (Å²) in [4.78, 5) is 8.55. The van der Waals surface area contributed by atoms with Crippen molar-refractivity contribution in [2.45, 2.75) is 26.3 Å². The highest BCUT2D eigenvalue weighted by Gasteiger charge is 2.15. The van der Waals surface area contributed by atoms with Gasteiger partial charge in [0.25, 0.3) is 0 Å². The van der Waals surface area contributed by atoms with E-state index in [1.807, 2.05) is 13.8 Å². The molecule has 0 radical (unpaired) electrons. The van der Waals surface area contributed by atoms with Gasteiger partial charge < -0.3 is 5.32 Å². The van der Waals surface area contributed by atoms with Crippen LogP contribution in [0.5, 0.6) is 0 Å². The minimum Gasteiger partial charge on any atom is -0.307 e. The minimum absolute atomic E-state index is 0.165. The smallest absolute Gasteiger partial charge is 0.145 e. The van der Waals surface area contributed by atoms with Crippen LogP contribution < -0.4 is 5.32 Å². The Labute approximate surface area is 117 Å². The molecule has 0 aliphatic carbocycles. The van der Waals surface area contributed by atoms with Crippen LogP contribution in [-0.4, -0.2) is 16.5 Å². The van der Waals surface area contributed by atoms with E-state index in [2.05, 4.69) is 15.3 Å². The molecule has 0 amide bonds. The summed E-state index contributed by atoms with van der Waals surface area (Å²) < 4.78 is 26.5. The van der Waals surface area contributed by atoms with Crippen LogP contribution in [0.25, 0.3) is 0 Å². The quantitative estimate of drug-likeness (QED) is 0.913. The van der Waals surface area contributed by atoms with Gasteiger partial charge in [0.1, 0.15) is 17.5 Å². The van der Waals surface area contributed by atoms with Gasteiger partial charge in [-0.15, -0.1) is 0 Å². The lowest BCUT2D eigenvalue weighted by Crippen LogP contribution is -2.25. The molecule has 1 heterocycles. The van der Waals surface area contributed by atoms with Gasteiger partial charge in [0.2, 0.25) is 0 Å². The van der Waals surface area contributed by atoms with E-state index in [1.165, 1.54) is 12.1 Å². The van der Waals surface area contributed by atoms with Crippen molar-refractivity contribution in [3.63, 3.8) is 0 Å². The number of hydrogen-bond acceptors (Lipinski definition) is 3. The Morgan fingerprint density at radius 1 is 1.10 bits per heavy atom. The van der Waals surface area contributed by atoms with E-state index in [-0.39, 0.29) is 6.04 Å². The van der Waals surface area contributed by atoms with Crippen LogP contribution in [0.15, 0.2) is 30.6 Å². The molecule has 0 saturated carbocycles. The summed E-state index contributed by atoms with van der Waals surface area (Å²) in [5.74, 6) is -0.512. The summed E-state index contributed by atoms with van der Waals surface area (Å²) in [6, 6.07) is 3.37. The second-order valence-electron chi connectivity index (χ2n) is 4.71. The molecule has 0 bridgehead atoms. The molecule has 20 heavy (non-hydrogen) atoms. The van der Waals surface area contributed by atoms with Gasteiger partial charge in [-0.05, 0) is 43.1 Å². The van der Waals surface area contributed by atoms with Gasteiger partial charge in [-0.1, -0.05) is 6.92 Å². The summed E-state index contributed by atoms with van der Waals surface area (Å²) in [6.07, 6.45) is 3.91. The Morgan fingerprint density at radius 3 is 2.25 bits per heavy atom. The van der Waals surface area contributed by atoms with Crippen LogP contribution in [0.1, 0.15) is 29.9 Å². The lowest BCUT2D eigenvalue weighted by atomic mass is 10.0. The fourth-order valence-corrected chi connectivity index (χ4v) is 2.05. The molecular formula is C15H17F2N3. The van der Waals surface area contributed by atoms with Gasteiger partial charge in [-0.2, -0.15) is 0 Å². The van der Waals surface area contributed by atoms with Crippen molar-refractivity contribution in [1.82, 2.24) is 15.3 Å². The molecule has 1 atom stereocenters. The Hall–Kier alpha value is -1.88. The standard InChI is InChI=1S/C15H17F2N3/c1-3-18-14(15-19-8-10(2)9-20-15)6-11-4-12(16)7-13(17)5-11/h4-5,7-9,14,18H,3,6H2,1-2H3. The van der Waals surface area contributed by atoms with E-state index in [0.29, 0.717) is 17.8 Å². The van der Waals surface area contributed by atoms with Crippen molar-refractivity contribution >= 4 is 0 Å². The molecule has 5 heteroatoms. The average Bonchev–Trinajstić information content (AvgIpc) is 2.38. The molecule has 0 aliphatic rings. The van der Waals surface area contributed by atoms with Crippen molar-refractivity contribution in [2.75, 3.05) is 6.54 Å². The predicted octanol–water partition coefficient (Wildman–Crippen LogP) is 2.96. The third-order valence-corrected chi connectivity index (χ3v) is 2.93. The van der Waals surface area contributed by atoms with E-state index in [4.69, 9.17) is 0 Å². The van der Waals surface area contributed by atoms with E-state index in [9.17, 15) is 8.78 Å². The zero-order chi connectivity index (χ0) is 14.5. The molecule has 1 aromatic heterocycles. The highest BCUT2D eigenvalue weighted by Crippen LogP contribution is 2.17. The Morgan fingerprint density at radius 2 is 1.70 bits per heavy atom. The normalized spacial score (nSPS) is 12.4. The Kier molecular flexibility index (Phi) is 4.74. The first-order valence-electron chi connectivity index (χ1n) is 6.55. The number of aryl methyl sites for hydroxylation is 1. The number of nitrogens with one attached hydrogen (secondary N) is 1. The van der Waals surface area contributed by atoms with Gasteiger partial charge in [0.05, 0.1) is 6.04 Å². The maximum Gasteiger partial charge on any atom is 0.145 e. The molecule has 106 valence electrons. The second-order valence-corrected chi connectivity index (χ2v) is 4.71. The molecule has 1 unspecified atom stereocenters. The van der Waals surface area contributed by atoms with Crippen LogP contribution >= 0.6 is 0 Å². The fourth-order valence-electron chi connectivity index (χ4n) is 2.05. The van der Waals surface area contributed by atoms with Crippen molar-refractivity contribution in [1.29, 1.82) is 0 Å². The summed E-state index contributed by atoms with van der Waals surface area (Å²) >= 11 is 0. The van der Waals surface area contributed by atoms with E-state index in [0.717, 1.165) is 18.2 Å². The van der Waals surface area contributed by atoms with E-state index < -0.39 is 11.6 Å². The van der Waals surface area contributed by atoms with Gasteiger partial charge in [-0.3, -0.25) is 0 Å². The SMILES string of the molecule is CCNC(Cc1cc(F)cc(F)c1)c1ncc(C)cn1. The maximum atomic E-state index is 13.2. The first kappa shape index (κ1) is 14.5. The molecule has 0 spiro atoms. The number of halogens is 2. The first-order valence-corrected chi connectivity index (χ1v) is 6.55. The van der Waals surface area contributed by atoms with E-state index >= 15 is 0 Å². The number of rotatable bonds is 5. The lowest BCUT2D eigenvalue weighted by molar-refractivity contribution is 0.515. The molecule has 1 N–H and O–H groups in total. The van der Waals surface area contributed by atoms with Crippen molar-refractivity contribution < 1.29 is 8.78 Å². The van der Waals surface area contributed by atoms with Crippen LogP contribution in [-0.2, 0) is 6.42 Å². The van der Waals surface area contributed by atoms with Gasteiger partial charge in [-0.25, -0.2) is 18.7 Å². The summed E-state index contributed by atoms with van der Waals surface area (Å²) in [7, 11) is 0. The zero-order valence-corrected chi connectivity index (χ0v) is 11.5. The van der Waals surface area contributed by atoms with Crippen molar-refractivity contribution in [3.05, 3.63) is 59.2 Å². The highest BCUT2D eigenvalue weighted by molar-refractivity contribution is 5.20. The minimum atomic E-state index is -0.569. The number of likely N-dealkylation sites (N-methyl/N-ethyl adjacent to an activating group) is 1. The fraction of sp³-hybridized carbons (Fsp3) is 0.333. The molecule has 0 aliphatic heterocycles. The van der Waals surface area contributed by atoms with Crippen molar-refractivity contribution in [3.8, 4) is 0 Å². The average molecular weight is 277 g/mol. The number of benzene rings is 1. The van der Waals surface area contributed by atoms with Gasteiger partial charge in [0.15, 0.2) is 0 Å². The van der Waals surface area contributed by atoms with Gasteiger partial charge in [0, 0.05) is 18.5 Å². The largest absolute Gasteiger partial charge is 0.307 e. The first-order chi connectivity index (χ1) is 9.58. The summed E-state index contributed by atoms with van der Waals surface area (Å²) in [5.41, 5.74) is 1.55. The predicted molar refractivity (Wildman–Crippen MR) is 73.2 cm³/mol. The Bertz CT molecular complexity index is 550. The zero-order valence-electron chi connectivity index (χ0n) is 11.5. The molecular weight excluding hydrogens is 260 g/mol. The molecule has 3 nitrogen and oxygen atoms in total. The third kappa shape index (κ3) is 3.81. The third-order valence-electron chi connectivity index (χ3n) is 2.93. The second kappa shape index (κ2) is 6.52. The highest BCUT2D eigenvalue weighted by atomic mass is 19.1. The number of hydrogen-bond donors (Lipinski definition) is 1. The molecule has 2 rings (SSSR count). The van der Waals surface area contributed by atoms with E-state index in [1.54, 1.807) is 12.4 Å². The monoisotopic (exact) mass is 277 g/mol. The van der Waals surface area contributed by atoms with Crippen LogP contribution in [0.3, 0.4) is 0 Å². The molecule has 0 saturated heterocycles. The van der Waals surface area contributed by atoms with Crippen molar-refractivity contribution in [2.24, 2.45) is 0 Å². The Balaban J connectivity index is 2.22. The molecule has 1 aromatic carbocycles. The molecule has 0 fully saturated rings. The maximum absolute atomic E-state index is 13.2. The number of nitrogens with zero attached hydrogens (tertiary/aromatic N) is 2. The topological polar surface area (TPSA) is 37.8 Å². The molecule has 2 aromatic rings. The summed E-state index contributed by atoms with van der Waals surface area (Å²) in [5, 5.41) is 3.24. The van der Waals surface area contributed by atoms with Crippen LogP contribution in [0.2, 0.25) is 0 Å². The number of aromatic nitrogens is 2. The lowest BCUT2D eigenvalue weighted by Gasteiger charge is -2.16. The van der Waals surface area contributed by atoms with Gasteiger partial charge >= 0.3 is 0 Å². The summed E-state index contributed by atoms with van der Waals surface area (Å²) in [6.45, 7) is 4.60. The van der Waals surface area contributed by atoms with Crippen LogP contribution in [0.4, 0.5) is 8.78 Å². The van der Waals surface area contributed by atoms with Crippen LogP contribution in [0, 0.1) is 18.6 Å².